The Morgan fingerprint density at radius 1 is 1.03 bits per heavy atom. The third-order valence-electron chi connectivity index (χ3n) is 8.59. The van der Waals surface area contributed by atoms with Gasteiger partial charge in [0.2, 0.25) is 5.91 Å². The van der Waals surface area contributed by atoms with Crippen molar-refractivity contribution in [3.63, 3.8) is 0 Å². The van der Waals surface area contributed by atoms with Gasteiger partial charge >= 0.3 is 0 Å². The van der Waals surface area contributed by atoms with E-state index in [9.17, 15) is 14.7 Å². The average molecular weight is 494 g/mol. The number of carbonyl (C=O) groups is 1. The number of aryl methyl sites for hydroxylation is 1. The van der Waals surface area contributed by atoms with E-state index in [1.807, 2.05) is 18.2 Å². The van der Waals surface area contributed by atoms with Crippen molar-refractivity contribution in [3.8, 4) is 5.75 Å². The summed E-state index contributed by atoms with van der Waals surface area (Å²) in [4.78, 5) is 30.1. The second-order valence-corrected chi connectivity index (χ2v) is 11.0. The molecule has 1 aliphatic heterocycles. The third-order valence-corrected chi connectivity index (χ3v) is 8.59. The van der Waals surface area contributed by atoms with Crippen LogP contribution in [0.2, 0.25) is 0 Å². The quantitative estimate of drug-likeness (QED) is 0.465. The van der Waals surface area contributed by atoms with E-state index in [0.29, 0.717) is 34.8 Å². The number of nitrogens with zero attached hydrogens (tertiary/aromatic N) is 2. The zero-order valence-corrected chi connectivity index (χ0v) is 21.5. The van der Waals surface area contributed by atoms with Crippen molar-refractivity contribution in [3.05, 3.63) is 46.0 Å². The summed E-state index contributed by atoms with van der Waals surface area (Å²) in [6.45, 7) is 4.06. The first-order chi connectivity index (χ1) is 17.4. The van der Waals surface area contributed by atoms with E-state index in [1.165, 1.54) is 48.7 Å². The van der Waals surface area contributed by atoms with Crippen molar-refractivity contribution in [1.29, 1.82) is 0 Å². The van der Waals surface area contributed by atoms with Crippen molar-refractivity contribution in [2.75, 3.05) is 0 Å². The number of amides is 1. The number of hydrogen-bond acceptors (Lipinski definition) is 5. The van der Waals surface area contributed by atoms with Gasteiger partial charge in [0, 0.05) is 12.8 Å². The Balaban J connectivity index is 1.40. The standard InChI is InChI=1S/C29H39N3O4/c1-18-12-13-21(14-15-22(18)20-8-5-3-4-6-9-20)36-25-11-7-10-23-27(25)29(35)32(19(2)30-23)24-16-17-26(33)31-28(24)34/h7,10-12,20-22,24,28,34H,3-6,8-9,13-17H2,1-2H3,(H,31,33). The molecule has 1 aromatic heterocycles. The highest BCUT2D eigenvalue weighted by molar-refractivity contribution is 5.84. The minimum atomic E-state index is -1.12. The smallest absolute Gasteiger partial charge is 0.265 e. The molecule has 2 heterocycles. The van der Waals surface area contributed by atoms with Crippen LogP contribution in [0.4, 0.5) is 0 Å². The summed E-state index contributed by atoms with van der Waals surface area (Å²) in [5, 5.41) is 13.5. The summed E-state index contributed by atoms with van der Waals surface area (Å²) in [6.07, 6.45) is 12.9. The van der Waals surface area contributed by atoms with Gasteiger partial charge in [-0.3, -0.25) is 14.2 Å². The first-order valence-electron chi connectivity index (χ1n) is 13.7. The fourth-order valence-corrected chi connectivity index (χ4v) is 6.64. The molecule has 4 unspecified atom stereocenters. The van der Waals surface area contributed by atoms with Crippen LogP contribution in [-0.2, 0) is 4.79 Å². The Labute approximate surface area is 212 Å². The van der Waals surface area contributed by atoms with E-state index in [4.69, 9.17) is 4.74 Å². The monoisotopic (exact) mass is 493 g/mol. The largest absolute Gasteiger partial charge is 0.489 e. The first kappa shape index (κ1) is 25.0. The van der Waals surface area contributed by atoms with Crippen molar-refractivity contribution >= 4 is 16.8 Å². The molecule has 1 aromatic carbocycles. The van der Waals surface area contributed by atoms with Gasteiger partial charge < -0.3 is 15.2 Å². The first-order valence-corrected chi connectivity index (χ1v) is 13.7. The Morgan fingerprint density at radius 2 is 1.81 bits per heavy atom. The minimum absolute atomic E-state index is 0.00930. The molecule has 36 heavy (non-hydrogen) atoms. The van der Waals surface area contributed by atoms with Gasteiger partial charge in [0.1, 0.15) is 29.3 Å². The van der Waals surface area contributed by atoms with Crippen molar-refractivity contribution in [1.82, 2.24) is 14.9 Å². The lowest BCUT2D eigenvalue weighted by molar-refractivity contribution is -0.128. The number of nitrogens with one attached hydrogen (secondary N) is 1. The molecule has 2 fully saturated rings. The fraction of sp³-hybridized carbons (Fsp3) is 0.621. The number of ether oxygens (including phenoxy) is 1. The van der Waals surface area contributed by atoms with Gasteiger partial charge in [-0.1, -0.05) is 43.4 Å². The number of fused-ring (bicyclic) bond motifs is 1. The van der Waals surface area contributed by atoms with Crippen LogP contribution in [0.25, 0.3) is 10.9 Å². The molecule has 2 aromatic rings. The molecule has 1 amide bonds. The topological polar surface area (TPSA) is 93.5 Å². The summed E-state index contributed by atoms with van der Waals surface area (Å²) in [5.74, 6) is 2.28. The highest BCUT2D eigenvalue weighted by Crippen LogP contribution is 2.38. The van der Waals surface area contributed by atoms with Gasteiger partial charge in [-0.05, 0) is 69.9 Å². The van der Waals surface area contributed by atoms with Gasteiger partial charge in [-0.25, -0.2) is 4.98 Å². The molecule has 4 atom stereocenters. The Morgan fingerprint density at radius 3 is 2.56 bits per heavy atom. The fourth-order valence-electron chi connectivity index (χ4n) is 6.64. The van der Waals surface area contributed by atoms with E-state index in [2.05, 4.69) is 23.3 Å². The third kappa shape index (κ3) is 5.08. The minimum Gasteiger partial charge on any atom is -0.489 e. The van der Waals surface area contributed by atoms with Crippen molar-refractivity contribution in [2.24, 2.45) is 11.8 Å². The summed E-state index contributed by atoms with van der Waals surface area (Å²) in [6, 6.07) is 5.02. The number of aromatic nitrogens is 2. The number of aliphatic hydroxyl groups is 1. The molecule has 0 spiro atoms. The summed E-state index contributed by atoms with van der Waals surface area (Å²) in [5.41, 5.74) is 1.86. The zero-order chi connectivity index (χ0) is 25.2. The number of rotatable bonds is 4. The SMILES string of the molecule is CC1=CCC(Oc2cccc3nc(C)n(C4CCC(=O)NC4O)c(=O)c23)CCC1C1CCCCCC1. The lowest BCUT2D eigenvalue weighted by Gasteiger charge is -2.31. The molecule has 194 valence electrons. The number of allylic oxidation sites excluding steroid dienone is 1. The van der Waals surface area contributed by atoms with Crippen molar-refractivity contribution < 1.29 is 14.6 Å². The van der Waals surface area contributed by atoms with E-state index in [1.54, 1.807) is 6.92 Å². The Bertz CT molecular complexity index is 1190. The summed E-state index contributed by atoms with van der Waals surface area (Å²) in [7, 11) is 0. The lowest BCUT2D eigenvalue weighted by atomic mass is 9.79. The molecule has 1 saturated heterocycles. The molecular weight excluding hydrogens is 454 g/mol. The van der Waals surface area contributed by atoms with Gasteiger partial charge in [0.25, 0.3) is 5.56 Å². The van der Waals surface area contributed by atoms with Gasteiger partial charge in [0.15, 0.2) is 0 Å². The molecule has 0 bridgehead atoms. The number of piperidine rings is 1. The molecule has 0 radical (unpaired) electrons. The van der Waals surface area contributed by atoms with Crippen LogP contribution in [0.1, 0.15) is 89.4 Å². The van der Waals surface area contributed by atoms with Crippen LogP contribution in [0.15, 0.2) is 34.6 Å². The second kappa shape index (κ2) is 10.8. The van der Waals surface area contributed by atoms with E-state index in [-0.39, 0.29) is 24.0 Å². The maximum atomic E-state index is 13.8. The molecular formula is C29H39N3O4. The van der Waals surface area contributed by atoms with Crippen LogP contribution in [0.5, 0.6) is 5.75 Å². The number of aliphatic hydroxyl groups excluding tert-OH is 1. The highest BCUT2D eigenvalue weighted by atomic mass is 16.5. The number of benzene rings is 1. The average Bonchev–Trinajstić information content (AvgIpc) is 3.21. The Kier molecular flexibility index (Phi) is 7.47. The van der Waals surface area contributed by atoms with Crippen LogP contribution in [0, 0.1) is 18.8 Å². The number of carbonyl (C=O) groups excluding carboxylic acids is 1. The van der Waals surface area contributed by atoms with E-state index < -0.39 is 12.3 Å². The van der Waals surface area contributed by atoms with Crippen LogP contribution < -0.4 is 15.6 Å². The molecule has 7 heteroatoms. The molecule has 2 N–H and O–H groups in total. The molecule has 1 saturated carbocycles. The predicted molar refractivity (Wildman–Crippen MR) is 140 cm³/mol. The van der Waals surface area contributed by atoms with Crippen LogP contribution in [-0.4, -0.2) is 32.9 Å². The molecule has 2 aliphatic carbocycles. The van der Waals surface area contributed by atoms with Crippen LogP contribution in [0.3, 0.4) is 0 Å². The molecule has 3 aliphatic rings. The van der Waals surface area contributed by atoms with Crippen molar-refractivity contribution in [2.45, 2.75) is 103 Å². The summed E-state index contributed by atoms with van der Waals surface area (Å²) >= 11 is 0. The normalized spacial score (nSPS) is 28.2. The Hall–Kier alpha value is -2.67. The number of hydrogen-bond donors (Lipinski definition) is 2. The molecule has 5 rings (SSSR count). The van der Waals surface area contributed by atoms with E-state index in [0.717, 1.165) is 25.2 Å². The predicted octanol–water partition coefficient (Wildman–Crippen LogP) is 4.94. The maximum Gasteiger partial charge on any atom is 0.265 e. The van der Waals surface area contributed by atoms with Gasteiger partial charge in [-0.15, -0.1) is 0 Å². The highest BCUT2D eigenvalue weighted by Gasteiger charge is 2.32. The molecule has 7 nitrogen and oxygen atoms in total. The zero-order valence-electron chi connectivity index (χ0n) is 21.5. The van der Waals surface area contributed by atoms with Crippen LogP contribution >= 0.6 is 0 Å². The van der Waals surface area contributed by atoms with E-state index >= 15 is 0 Å². The maximum absolute atomic E-state index is 13.8. The van der Waals surface area contributed by atoms with Gasteiger partial charge in [0.05, 0.1) is 11.6 Å². The van der Waals surface area contributed by atoms with Gasteiger partial charge in [-0.2, -0.15) is 0 Å². The second-order valence-electron chi connectivity index (χ2n) is 11.0. The summed E-state index contributed by atoms with van der Waals surface area (Å²) < 4.78 is 8.06. The lowest BCUT2D eigenvalue weighted by Crippen LogP contribution is -2.48.